The second kappa shape index (κ2) is 8.07. The highest BCUT2D eigenvalue weighted by Crippen LogP contribution is 2.10. The van der Waals surface area contributed by atoms with Crippen molar-refractivity contribution in [3.8, 4) is 0 Å². The number of rotatable bonds is 5. The average molecular weight is 339 g/mol. The number of benzene rings is 1. The van der Waals surface area contributed by atoms with Gasteiger partial charge in [-0.1, -0.05) is 30.3 Å². The molecule has 1 aliphatic heterocycles. The molecule has 1 N–H and O–H groups in total. The summed E-state index contributed by atoms with van der Waals surface area (Å²) in [5.74, 6) is 0.512. The maximum Gasteiger partial charge on any atom is 0.272 e. The summed E-state index contributed by atoms with van der Waals surface area (Å²) in [6.45, 7) is 5.92. The average Bonchev–Trinajstić information content (AvgIpc) is 2.62. The number of aromatic nitrogens is 2. The van der Waals surface area contributed by atoms with Crippen molar-refractivity contribution in [2.45, 2.75) is 13.3 Å². The Bertz CT molecular complexity index is 711. The van der Waals surface area contributed by atoms with E-state index in [1.165, 1.54) is 5.56 Å². The molecule has 6 nitrogen and oxygen atoms in total. The lowest BCUT2D eigenvalue weighted by atomic mass is 10.1. The summed E-state index contributed by atoms with van der Waals surface area (Å²) in [6.07, 6.45) is 0.889. The molecule has 1 aromatic heterocycles. The van der Waals surface area contributed by atoms with Crippen molar-refractivity contribution in [3.05, 3.63) is 53.3 Å². The predicted molar refractivity (Wildman–Crippen MR) is 98.8 cm³/mol. The van der Waals surface area contributed by atoms with E-state index in [1.807, 2.05) is 30.0 Å². The van der Waals surface area contributed by atoms with Crippen molar-refractivity contribution in [1.82, 2.24) is 19.8 Å². The lowest BCUT2D eigenvalue weighted by molar-refractivity contribution is 0.0658. The maximum absolute atomic E-state index is 12.7. The Kier molecular flexibility index (Phi) is 5.60. The smallest absolute Gasteiger partial charge is 0.272 e. The molecule has 0 saturated carbocycles. The lowest BCUT2D eigenvalue weighted by Crippen LogP contribution is -2.47. The van der Waals surface area contributed by atoms with Crippen LogP contribution in [0.25, 0.3) is 0 Å². The van der Waals surface area contributed by atoms with Crippen molar-refractivity contribution < 1.29 is 4.79 Å². The molecular formula is C19H25N5O. The molecule has 1 fully saturated rings. The zero-order valence-electron chi connectivity index (χ0n) is 14.9. The van der Waals surface area contributed by atoms with Crippen LogP contribution < -0.4 is 5.32 Å². The van der Waals surface area contributed by atoms with Crippen LogP contribution >= 0.6 is 0 Å². The largest absolute Gasteiger partial charge is 0.354 e. The van der Waals surface area contributed by atoms with Gasteiger partial charge in [-0.05, 0) is 32.0 Å². The topological polar surface area (TPSA) is 61.4 Å². The van der Waals surface area contributed by atoms with Crippen LogP contribution in [0.4, 0.5) is 5.95 Å². The monoisotopic (exact) mass is 339 g/mol. The molecule has 0 atom stereocenters. The fourth-order valence-electron chi connectivity index (χ4n) is 2.89. The molecule has 0 aliphatic carbocycles. The van der Waals surface area contributed by atoms with E-state index in [4.69, 9.17) is 0 Å². The van der Waals surface area contributed by atoms with Gasteiger partial charge < -0.3 is 15.1 Å². The molecular weight excluding hydrogens is 314 g/mol. The number of likely N-dealkylation sites (N-methyl/N-ethyl adjacent to an activating group) is 1. The van der Waals surface area contributed by atoms with Crippen molar-refractivity contribution in [2.75, 3.05) is 45.1 Å². The van der Waals surface area contributed by atoms with Gasteiger partial charge in [-0.3, -0.25) is 4.79 Å². The summed E-state index contributed by atoms with van der Waals surface area (Å²) in [5.41, 5.74) is 2.53. The molecule has 1 amide bonds. The Morgan fingerprint density at radius 3 is 2.56 bits per heavy atom. The van der Waals surface area contributed by atoms with Crippen LogP contribution in [0, 0.1) is 6.92 Å². The number of anilines is 1. The van der Waals surface area contributed by atoms with Crippen LogP contribution in [0.3, 0.4) is 0 Å². The zero-order valence-corrected chi connectivity index (χ0v) is 14.9. The van der Waals surface area contributed by atoms with Gasteiger partial charge in [0, 0.05) is 38.4 Å². The summed E-state index contributed by atoms with van der Waals surface area (Å²) < 4.78 is 0. The molecule has 0 unspecified atom stereocenters. The number of carbonyl (C=O) groups excluding carboxylic acids is 1. The van der Waals surface area contributed by atoms with Gasteiger partial charge in [-0.25, -0.2) is 9.97 Å². The highest BCUT2D eigenvalue weighted by atomic mass is 16.2. The lowest BCUT2D eigenvalue weighted by Gasteiger charge is -2.32. The fraction of sp³-hybridized carbons (Fsp3) is 0.421. The van der Waals surface area contributed by atoms with Gasteiger partial charge in [0.25, 0.3) is 5.91 Å². The third-order valence-electron chi connectivity index (χ3n) is 4.40. The van der Waals surface area contributed by atoms with Crippen molar-refractivity contribution in [1.29, 1.82) is 0 Å². The first-order valence-corrected chi connectivity index (χ1v) is 8.73. The molecule has 25 heavy (non-hydrogen) atoms. The van der Waals surface area contributed by atoms with Crippen LogP contribution in [0.2, 0.25) is 0 Å². The Hall–Kier alpha value is -2.47. The van der Waals surface area contributed by atoms with Crippen LogP contribution in [-0.2, 0) is 6.42 Å². The molecule has 0 bridgehead atoms. The van der Waals surface area contributed by atoms with Crippen molar-refractivity contribution >= 4 is 11.9 Å². The van der Waals surface area contributed by atoms with E-state index in [-0.39, 0.29) is 5.91 Å². The van der Waals surface area contributed by atoms with E-state index in [9.17, 15) is 4.79 Å². The minimum Gasteiger partial charge on any atom is -0.354 e. The van der Waals surface area contributed by atoms with Gasteiger partial charge in [0.05, 0.1) is 0 Å². The van der Waals surface area contributed by atoms with E-state index in [1.54, 1.807) is 6.07 Å². The first-order valence-electron chi connectivity index (χ1n) is 8.73. The number of piperazine rings is 1. The summed E-state index contributed by atoms with van der Waals surface area (Å²) in [7, 11) is 2.07. The van der Waals surface area contributed by atoms with Gasteiger partial charge in [-0.2, -0.15) is 0 Å². The third kappa shape index (κ3) is 4.76. The van der Waals surface area contributed by atoms with Crippen LogP contribution in [0.5, 0.6) is 0 Å². The minimum absolute atomic E-state index is 0.00953. The second-order valence-corrected chi connectivity index (χ2v) is 6.48. The first kappa shape index (κ1) is 17.4. The SMILES string of the molecule is Cc1cc(C(=O)N2CCN(C)CC2)nc(NCCc2ccccc2)n1. The Labute approximate surface area is 148 Å². The van der Waals surface area contributed by atoms with Gasteiger partial charge in [0.1, 0.15) is 5.69 Å². The van der Waals surface area contributed by atoms with E-state index in [0.29, 0.717) is 11.6 Å². The molecule has 1 aromatic carbocycles. The number of nitrogens with one attached hydrogen (secondary N) is 1. The molecule has 0 radical (unpaired) electrons. The number of carbonyl (C=O) groups is 1. The third-order valence-corrected chi connectivity index (χ3v) is 4.40. The molecule has 2 heterocycles. The summed E-state index contributed by atoms with van der Waals surface area (Å²) in [5, 5.41) is 3.24. The Morgan fingerprint density at radius 2 is 1.84 bits per heavy atom. The molecule has 6 heteroatoms. The highest BCUT2D eigenvalue weighted by Gasteiger charge is 2.22. The van der Waals surface area contributed by atoms with Crippen molar-refractivity contribution in [3.63, 3.8) is 0 Å². The van der Waals surface area contributed by atoms with Gasteiger partial charge in [-0.15, -0.1) is 0 Å². The van der Waals surface area contributed by atoms with E-state index in [2.05, 4.69) is 39.4 Å². The van der Waals surface area contributed by atoms with E-state index < -0.39 is 0 Å². The second-order valence-electron chi connectivity index (χ2n) is 6.48. The molecule has 1 saturated heterocycles. The molecule has 0 spiro atoms. The molecule has 1 aliphatic rings. The standard InChI is InChI=1S/C19H25N5O/c1-15-14-17(18(25)24-12-10-23(2)11-13-24)22-19(21-15)20-9-8-16-6-4-3-5-7-16/h3-7,14H,8-13H2,1-2H3,(H,20,21,22). The molecule has 2 aromatic rings. The normalized spacial score (nSPS) is 15.2. The zero-order chi connectivity index (χ0) is 17.6. The highest BCUT2D eigenvalue weighted by molar-refractivity contribution is 5.92. The van der Waals surface area contributed by atoms with Crippen LogP contribution in [0.15, 0.2) is 36.4 Å². The van der Waals surface area contributed by atoms with Crippen LogP contribution in [0.1, 0.15) is 21.7 Å². The van der Waals surface area contributed by atoms with E-state index in [0.717, 1.165) is 44.8 Å². The predicted octanol–water partition coefficient (Wildman–Crippen LogP) is 1.83. The van der Waals surface area contributed by atoms with Gasteiger partial charge in [0.2, 0.25) is 5.95 Å². The van der Waals surface area contributed by atoms with Gasteiger partial charge >= 0.3 is 0 Å². The Morgan fingerprint density at radius 1 is 1.12 bits per heavy atom. The number of amides is 1. The Balaban J connectivity index is 1.62. The van der Waals surface area contributed by atoms with Crippen LogP contribution in [-0.4, -0.2) is 65.4 Å². The van der Waals surface area contributed by atoms with Crippen molar-refractivity contribution in [2.24, 2.45) is 0 Å². The summed E-state index contributed by atoms with van der Waals surface area (Å²) >= 11 is 0. The van der Waals surface area contributed by atoms with E-state index >= 15 is 0 Å². The summed E-state index contributed by atoms with van der Waals surface area (Å²) in [4.78, 5) is 25.6. The number of aryl methyl sites for hydroxylation is 1. The van der Waals surface area contributed by atoms with Gasteiger partial charge in [0.15, 0.2) is 0 Å². The molecule has 3 rings (SSSR count). The maximum atomic E-state index is 12.7. The number of nitrogens with zero attached hydrogens (tertiary/aromatic N) is 4. The fourth-order valence-corrected chi connectivity index (χ4v) is 2.89. The molecule has 132 valence electrons. The minimum atomic E-state index is -0.00953. The number of hydrogen-bond acceptors (Lipinski definition) is 5. The quantitative estimate of drug-likeness (QED) is 0.900. The first-order chi connectivity index (χ1) is 12.1. The number of hydrogen-bond donors (Lipinski definition) is 1. The summed E-state index contributed by atoms with van der Waals surface area (Å²) in [6, 6.07) is 12.0.